The summed E-state index contributed by atoms with van der Waals surface area (Å²) < 4.78 is 17.7. The monoisotopic (exact) mass is 610 g/mol. The normalized spacial score (nSPS) is 36.8. The highest BCUT2D eigenvalue weighted by Gasteiger charge is 2.53. The number of nitrogens with zero attached hydrogens (tertiary/aromatic N) is 1. The minimum absolute atomic E-state index is 0.148. The van der Waals surface area contributed by atoms with Crippen molar-refractivity contribution >= 4 is 35.4 Å². The topological polar surface area (TPSA) is 158 Å². The minimum atomic E-state index is -1.51. The molecule has 0 radical (unpaired) electrons. The van der Waals surface area contributed by atoms with Crippen LogP contribution >= 0.6 is 23.4 Å². The van der Waals surface area contributed by atoms with Crippen molar-refractivity contribution in [2.45, 2.75) is 125 Å². The first-order chi connectivity index (χ1) is 18.4. The second-order valence-electron chi connectivity index (χ2n) is 13.0. The van der Waals surface area contributed by atoms with Crippen molar-refractivity contribution in [2.75, 3.05) is 19.4 Å². The average Bonchev–Trinajstić information content (AvgIpc) is 3.06. The third-order valence-corrected chi connectivity index (χ3v) is 8.82. The maximum absolute atomic E-state index is 14.0. The van der Waals surface area contributed by atoms with E-state index in [1.54, 1.807) is 47.8 Å². The predicted molar refractivity (Wildman–Crippen MR) is 151 cm³/mol. The van der Waals surface area contributed by atoms with E-state index in [0.29, 0.717) is 19.4 Å². The fourth-order valence-corrected chi connectivity index (χ4v) is 6.91. The Bertz CT molecular complexity index is 881. The number of halogens is 1. The molecule has 0 saturated carbocycles. The standard InChI is InChI=1S/C27H47ClN2O9S/c1-13(28)16(22-19(32)18(31)20(33)24(38-22)40-7)29-23(34)17-21-15(12-30(17)25(35)39-26(2,3)4)10-14(8-9-37-21)11-27(5,6)36/h13-22,24,31-33,36H,8-12H2,1-7H3,(H,29,34)/t13-,14+,15-,16+,17-,18?,19?,20+,21+,22+,24?/m0/s1. The molecule has 3 rings (SSSR count). The van der Waals surface area contributed by atoms with Gasteiger partial charge in [-0.2, -0.15) is 0 Å². The van der Waals surface area contributed by atoms with E-state index in [0.717, 1.165) is 18.2 Å². The van der Waals surface area contributed by atoms with Crippen LogP contribution in [0, 0.1) is 11.8 Å². The molecule has 0 spiro atoms. The molecule has 5 N–H and O–H groups in total. The zero-order valence-electron chi connectivity index (χ0n) is 24.4. The van der Waals surface area contributed by atoms with Gasteiger partial charge < -0.3 is 40.0 Å². The maximum Gasteiger partial charge on any atom is 0.411 e. The number of alkyl halides is 1. The number of carbonyl (C=O) groups excluding carboxylic acids is 2. The van der Waals surface area contributed by atoms with Crippen molar-refractivity contribution in [2.24, 2.45) is 11.8 Å². The fourth-order valence-electron chi connectivity index (χ4n) is 6.02. The van der Waals surface area contributed by atoms with Crippen LogP contribution in [0.4, 0.5) is 4.79 Å². The van der Waals surface area contributed by atoms with Gasteiger partial charge >= 0.3 is 6.09 Å². The first-order valence-electron chi connectivity index (χ1n) is 13.9. The van der Waals surface area contributed by atoms with Gasteiger partial charge in [0.05, 0.1) is 23.1 Å². The van der Waals surface area contributed by atoms with E-state index in [4.69, 9.17) is 25.8 Å². The van der Waals surface area contributed by atoms with Crippen LogP contribution in [0.5, 0.6) is 0 Å². The van der Waals surface area contributed by atoms with Gasteiger partial charge in [-0.15, -0.1) is 23.4 Å². The first-order valence-corrected chi connectivity index (χ1v) is 15.7. The van der Waals surface area contributed by atoms with Crippen LogP contribution in [0.3, 0.4) is 0 Å². The second-order valence-corrected chi connectivity index (χ2v) is 14.6. The Morgan fingerprint density at radius 2 is 1.80 bits per heavy atom. The molecule has 11 atom stereocenters. The van der Waals surface area contributed by atoms with Crippen LogP contribution in [0.2, 0.25) is 0 Å². The molecule has 3 unspecified atom stereocenters. The molecule has 11 nitrogen and oxygen atoms in total. The Hall–Kier alpha value is -0.860. The third kappa shape index (κ3) is 8.15. The van der Waals surface area contributed by atoms with Gasteiger partial charge in [0.2, 0.25) is 5.91 Å². The van der Waals surface area contributed by atoms with Crippen molar-refractivity contribution in [3.8, 4) is 0 Å². The fraction of sp³-hybridized carbons (Fsp3) is 0.926. The highest BCUT2D eigenvalue weighted by Crippen LogP contribution is 2.39. The quantitative estimate of drug-likeness (QED) is 0.267. The molecule has 3 saturated heterocycles. The number of nitrogens with one attached hydrogen (secondary N) is 1. The van der Waals surface area contributed by atoms with Crippen LogP contribution in [0.15, 0.2) is 0 Å². The van der Waals surface area contributed by atoms with E-state index in [-0.39, 0.29) is 18.4 Å². The SMILES string of the molecule is CSC1O[C@H]([C@H](NC(=O)[C@@H]2[C@@H]3OCC[C@@H](CC(C)(C)O)C[C@H]3CN2C(=O)OC(C)(C)C)[C@H](C)Cl)C(O)C(O)[C@H]1O. The number of carbonyl (C=O) groups is 2. The zero-order valence-corrected chi connectivity index (χ0v) is 26.0. The van der Waals surface area contributed by atoms with Gasteiger partial charge in [0.1, 0.15) is 41.5 Å². The van der Waals surface area contributed by atoms with E-state index in [1.165, 1.54) is 4.90 Å². The number of hydrogen-bond acceptors (Lipinski definition) is 10. The summed E-state index contributed by atoms with van der Waals surface area (Å²) in [6, 6.07) is -2.00. The number of amides is 2. The Morgan fingerprint density at radius 3 is 2.35 bits per heavy atom. The molecule has 232 valence electrons. The lowest BCUT2D eigenvalue weighted by Gasteiger charge is -2.44. The number of rotatable bonds is 7. The third-order valence-electron chi connectivity index (χ3n) is 7.70. The van der Waals surface area contributed by atoms with Crippen LogP contribution in [0.1, 0.15) is 60.8 Å². The molecule has 3 aliphatic rings. The molecule has 0 aromatic carbocycles. The summed E-state index contributed by atoms with van der Waals surface area (Å²) in [6.45, 7) is 11.0. The summed E-state index contributed by atoms with van der Waals surface area (Å²) in [7, 11) is 0. The van der Waals surface area contributed by atoms with E-state index >= 15 is 0 Å². The van der Waals surface area contributed by atoms with Crippen LogP contribution in [0.25, 0.3) is 0 Å². The van der Waals surface area contributed by atoms with Crippen molar-refractivity contribution in [1.29, 1.82) is 0 Å². The lowest BCUT2D eigenvalue weighted by molar-refractivity contribution is -0.205. The van der Waals surface area contributed by atoms with Crippen molar-refractivity contribution in [3.05, 3.63) is 0 Å². The number of ether oxygens (including phenoxy) is 3. The Morgan fingerprint density at radius 1 is 1.15 bits per heavy atom. The number of fused-ring (bicyclic) bond motifs is 1. The van der Waals surface area contributed by atoms with Gasteiger partial charge in [-0.1, -0.05) is 0 Å². The molecule has 0 aliphatic carbocycles. The van der Waals surface area contributed by atoms with Crippen molar-refractivity contribution in [3.63, 3.8) is 0 Å². The Kier molecular flexibility index (Phi) is 11.1. The van der Waals surface area contributed by atoms with Gasteiger partial charge in [0.15, 0.2) is 0 Å². The zero-order chi connectivity index (χ0) is 30.2. The average molecular weight is 611 g/mol. The summed E-state index contributed by atoms with van der Waals surface area (Å²) in [6.07, 6.45) is -3.08. The van der Waals surface area contributed by atoms with E-state index < -0.39 is 76.6 Å². The number of thioether (sulfide) groups is 1. The molecule has 0 aromatic rings. The van der Waals surface area contributed by atoms with Gasteiger partial charge in [0, 0.05) is 19.1 Å². The van der Waals surface area contributed by atoms with Crippen molar-refractivity contribution < 1.29 is 44.2 Å². The largest absolute Gasteiger partial charge is 0.444 e. The van der Waals surface area contributed by atoms with Gasteiger partial charge in [-0.25, -0.2) is 4.79 Å². The van der Waals surface area contributed by atoms with Gasteiger partial charge in [-0.05, 0) is 73.0 Å². The van der Waals surface area contributed by atoms with Crippen LogP contribution in [-0.2, 0) is 19.0 Å². The number of aliphatic hydroxyl groups is 4. The molecule has 3 aliphatic heterocycles. The number of aliphatic hydroxyl groups excluding tert-OH is 3. The Labute approximate surface area is 246 Å². The number of likely N-dealkylation sites (tertiary alicyclic amines) is 1. The lowest BCUT2D eigenvalue weighted by Crippen LogP contribution is -2.65. The summed E-state index contributed by atoms with van der Waals surface area (Å²) in [5.41, 5.74) is -2.49. The molecule has 3 heterocycles. The van der Waals surface area contributed by atoms with E-state index in [1.807, 2.05) is 0 Å². The summed E-state index contributed by atoms with van der Waals surface area (Å²) in [5, 5.41) is 44.0. The Balaban J connectivity index is 1.88. The highest BCUT2D eigenvalue weighted by molar-refractivity contribution is 7.99. The molecule has 3 fully saturated rings. The highest BCUT2D eigenvalue weighted by atomic mass is 35.5. The van der Waals surface area contributed by atoms with Crippen LogP contribution < -0.4 is 5.32 Å². The minimum Gasteiger partial charge on any atom is -0.444 e. The molecule has 0 bridgehead atoms. The first kappa shape index (κ1) is 33.6. The van der Waals surface area contributed by atoms with Crippen molar-refractivity contribution in [1.82, 2.24) is 10.2 Å². The van der Waals surface area contributed by atoms with Crippen LogP contribution in [-0.4, -0.2) is 121 Å². The molecular weight excluding hydrogens is 564 g/mol. The summed E-state index contributed by atoms with van der Waals surface area (Å²) in [5.74, 6) is -0.566. The van der Waals surface area contributed by atoms with Gasteiger partial charge in [0.25, 0.3) is 0 Å². The molecule has 40 heavy (non-hydrogen) atoms. The van der Waals surface area contributed by atoms with Gasteiger partial charge in [-0.3, -0.25) is 9.69 Å². The smallest absolute Gasteiger partial charge is 0.411 e. The summed E-state index contributed by atoms with van der Waals surface area (Å²) in [4.78, 5) is 28.7. The maximum atomic E-state index is 14.0. The summed E-state index contributed by atoms with van der Waals surface area (Å²) >= 11 is 7.64. The molecule has 0 aromatic heterocycles. The second kappa shape index (κ2) is 13.2. The van der Waals surface area contributed by atoms with E-state index in [2.05, 4.69) is 5.32 Å². The van der Waals surface area contributed by atoms with E-state index in [9.17, 15) is 30.0 Å². The molecule has 13 heteroatoms. The molecular formula is C27H47ClN2O9S. The molecule has 2 amide bonds. The lowest BCUT2D eigenvalue weighted by atomic mass is 9.83. The predicted octanol–water partition coefficient (Wildman–Crippen LogP) is 1.46. The number of hydrogen-bond donors (Lipinski definition) is 5.